The highest BCUT2D eigenvalue weighted by molar-refractivity contribution is 7.14. The molecule has 1 atom stereocenters. The Hall–Kier alpha value is -2.21. The standard InChI is InChI=1S/C20H23NO4S/c1-10-5-6-16-14(7-10)8-17(26-16)20(24)25-9-15(23)19-11(2)18(13(4)22)12(3)21-19/h8,10,21H,5-7,9H2,1-4H3/t10-/m0/s1. The number of Topliss-reactive ketones (excluding diaryl/α,β-unsaturated/α-hetero) is 2. The van der Waals surface area contributed by atoms with Crippen molar-refractivity contribution in [3.05, 3.63) is 43.9 Å². The quantitative estimate of drug-likeness (QED) is 0.633. The molecule has 2 aromatic heterocycles. The van der Waals surface area contributed by atoms with Gasteiger partial charge in [0, 0.05) is 16.1 Å². The van der Waals surface area contributed by atoms with Crippen LogP contribution in [0.3, 0.4) is 0 Å². The minimum atomic E-state index is -0.460. The van der Waals surface area contributed by atoms with Gasteiger partial charge in [0.25, 0.3) is 0 Å². The maximum atomic E-state index is 12.4. The molecule has 2 heterocycles. The Labute approximate surface area is 156 Å². The summed E-state index contributed by atoms with van der Waals surface area (Å²) in [5, 5.41) is 0. The molecule has 26 heavy (non-hydrogen) atoms. The van der Waals surface area contributed by atoms with E-state index < -0.39 is 5.97 Å². The number of aromatic amines is 1. The molecular weight excluding hydrogens is 350 g/mol. The molecular formula is C20H23NO4S. The van der Waals surface area contributed by atoms with E-state index in [1.165, 1.54) is 28.7 Å². The minimum Gasteiger partial charge on any atom is -0.453 e. The fraction of sp³-hybridized carbons (Fsp3) is 0.450. The number of hydrogen-bond acceptors (Lipinski definition) is 5. The minimum absolute atomic E-state index is 0.0920. The number of carbonyl (C=O) groups excluding carboxylic acids is 3. The number of ketones is 2. The van der Waals surface area contributed by atoms with Gasteiger partial charge in [0.1, 0.15) is 4.88 Å². The van der Waals surface area contributed by atoms with Crippen LogP contribution in [0, 0.1) is 19.8 Å². The van der Waals surface area contributed by atoms with Crippen LogP contribution in [0.4, 0.5) is 0 Å². The van der Waals surface area contributed by atoms with Gasteiger partial charge in [-0.2, -0.15) is 0 Å². The normalized spacial score (nSPS) is 16.2. The second kappa shape index (κ2) is 7.19. The highest BCUT2D eigenvalue weighted by atomic mass is 32.1. The molecule has 0 fully saturated rings. The molecule has 0 saturated carbocycles. The Bertz CT molecular complexity index is 890. The number of nitrogens with one attached hydrogen (secondary N) is 1. The van der Waals surface area contributed by atoms with Crippen molar-refractivity contribution in [2.75, 3.05) is 6.61 Å². The molecule has 0 radical (unpaired) electrons. The number of H-pyrrole nitrogens is 1. The van der Waals surface area contributed by atoms with E-state index >= 15 is 0 Å². The highest BCUT2D eigenvalue weighted by Gasteiger charge is 2.23. The van der Waals surface area contributed by atoms with Gasteiger partial charge in [-0.3, -0.25) is 9.59 Å². The van der Waals surface area contributed by atoms with E-state index in [-0.39, 0.29) is 18.2 Å². The van der Waals surface area contributed by atoms with Crippen molar-refractivity contribution in [2.45, 2.75) is 47.0 Å². The fourth-order valence-corrected chi connectivity index (χ4v) is 4.74. The molecule has 0 saturated heterocycles. The predicted molar refractivity (Wildman–Crippen MR) is 100 cm³/mol. The summed E-state index contributed by atoms with van der Waals surface area (Å²) in [5.41, 5.74) is 3.36. The molecule has 0 unspecified atom stereocenters. The third-order valence-corrected chi connectivity index (χ3v) is 6.15. The SMILES string of the molecule is CC(=O)c1c(C)[nH]c(C(=O)COC(=O)c2cc3c(s2)CC[C@H](C)C3)c1C. The maximum Gasteiger partial charge on any atom is 0.348 e. The van der Waals surface area contributed by atoms with Gasteiger partial charge < -0.3 is 9.72 Å². The second-order valence-electron chi connectivity index (χ2n) is 7.09. The molecule has 5 nitrogen and oxygen atoms in total. The van der Waals surface area contributed by atoms with E-state index in [1.54, 1.807) is 13.8 Å². The van der Waals surface area contributed by atoms with Crippen molar-refractivity contribution in [3.8, 4) is 0 Å². The molecule has 1 N–H and O–H groups in total. The zero-order valence-electron chi connectivity index (χ0n) is 15.5. The summed E-state index contributed by atoms with van der Waals surface area (Å²) in [6.45, 7) is 6.83. The van der Waals surface area contributed by atoms with Crippen LogP contribution in [0.25, 0.3) is 0 Å². The molecule has 138 valence electrons. The fourth-order valence-electron chi connectivity index (χ4n) is 3.64. The number of hydrogen-bond donors (Lipinski definition) is 1. The van der Waals surface area contributed by atoms with E-state index in [0.29, 0.717) is 33.3 Å². The molecule has 0 aliphatic heterocycles. The Kier molecular flexibility index (Phi) is 5.14. The first-order valence-electron chi connectivity index (χ1n) is 8.80. The Morgan fingerprint density at radius 2 is 2.04 bits per heavy atom. The van der Waals surface area contributed by atoms with E-state index in [1.807, 2.05) is 6.07 Å². The van der Waals surface area contributed by atoms with Crippen molar-refractivity contribution in [1.82, 2.24) is 4.98 Å². The second-order valence-corrected chi connectivity index (χ2v) is 8.22. The number of esters is 1. The number of ether oxygens (including phenoxy) is 1. The monoisotopic (exact) mass is 373 g/mol. The maximum absolute atomic E-state index is 12.4. The van der Waals surface area contributed by atoms with Gasteiger partial charge in [-0.1, -0.05) is 6.92 Å². The summed E-state index contributed by atoms with van der Waals surface area (Å²) in [4.78, 5) is 41.2. The molecule has 0 bridgehead atoms. The Morgan fingerprint density at radius 1 is 1.31 bits per heavy atom. The number of thiophene rings is 1. The first kappa shape index (κ1) is 18.6. The lowest BCUT2D eigenvalue weighted by Crippen LogP contribution is -2.15. The molecule has 0 aromatic carbocycles. The third kappa shape index (κ3) is 3.51. The zero-order valence-corrected chi connectivity index (χ0v) is 16.3. The Balaban J connectivity index is 1.68. The summed E-state index contributed by atoms with van der Waals surface area (Å²) in [5.74, 6) is -0.248. The summed E-state index contributed by atoms with van der Waals surface area (Å²) in [6, 6.07) is 1.90. The van der Waals surface area contributed by atoms with Crippen LogP contribution >= 0.6 is 11.3 Å². The van der Waals surface area contributed by atoms with Crippen LogP contribution in [0.5, 0.6) is 0 Å². The molecule has 0 spiro atoms. The van der Waals surface area contributed by atoms with Crippen molar-refractivity contribution in [3.63, 3.8) is 0 Å². The van der Waals surface area contributed by atoms with Gasteiger partial charge in [-0.05, 0) is 63.1 Å². The number of fused-ring (bicyclic) bond motifs is 1. The Morgan fingerprint density at radius 3 is 2.69 bits per heavy atom. The molecule has 0 amide bonds. The van der Waals surface area contributed by atoms with Crippen LogP contribution in [-0.4, -0.2) is 29.1 Å². The van der Waals surface area contributed by atoms with Crippen LogP contribution in [-0.2, 0) is 17.6 Å². The van der Waals surface area contributed by atoms with Gasteiger partial charge in [0.2, 0.25) is 5.78 Å². The van der Waals surface area contributed by atoms with Crippen molar-refractivity contribution < 1.29 is 19.1 Å². The summed E-state index contributed by atoms with van der Waals surface area (Å²) in [6.07, 6.45) is 3.14. The average molecular weight is 373 g/mol. The van der Waals surface area contributed by atoms with Crippen LogP contribution in [0.15, 0.2) is 6.07 Å². The molecule has 3 rings (SSSR count). The van der Waals surface area contributed by atoms with Gasteiger partial charge in [0.05, 0.1) is 5.69 Å². The lowest BCUT2D eigenvalue weighted by molar-refractivity contribution is 0.0478. The molecule has 2 aromatic rings. The molecule has 6 heteroatoms. The van der Waals surface area contributed by atoms with E-state index in [4.69, 9.17) is 4.74 Å². The largest absolute Gasteiger partial charge is 0.453 e. The predicted octanol–water partition coefficient (Wildman–Crippen LogP) is 4.06. The first-order valence-corrected chi connectivity index (χ1v) is 9.61. The topological polar surface area (TPSA) is 76.2 Å². The number of rotatable bonds is 5. The van der Waals surface area contributed by atoms with E-state index in [2.05, 4.69) is 11.9 Å². The van der Waals surface area contributed by atoms with E-state index in [0.717, 1.165) is 19.3 Å². The van der Waals surface area contributed by atoms with Crippen molar-refractivity contribution in [2.24, 2.45) is 5.92 Å². The smallest absolute Gasteiger partial charge is 0.348 e. The van der Waals surface area contributed by atoms with Gasteiger partial charge >= 0.3 is 5.97 Å². The molecule has 1 aliphatic carbocycles. The lowest BCUT2D eigenvalue weighted by Gasteiger charge is -2.16. The summed E-state index contributed by atoms with van der Waals surface area (Å²) in [7, 11) is 0. The lowest BCUT2D eigenvalue weighted by atomic mass is 9.90. The highest BCUT2D eigenvalue weighted by Crippen LogP contribution is 2.32. The number of aromatic nitrogens is 1. The first-order chi connectivity index (χ1) is 12.3. The van der Waals surface area contributed by atoms with Crippen LogP contribution < -0.4 is 0 Å². The van der Waals surface area contributed by atoms with Gasteiger partial charge in [-0.25, -0.2) is 4.79 Å². The average Bonchev–Trinajstić information content (AvgIpc) is 3.12. The number of carbonyl (C=O) groups is 3. The van der Waals surface area contributed by atoms with Crippen LogP contribution in [0.1, 0.15) is 72.5 Å². The summed E-state index contributed by atoms with van der Waals surface area (Å²) >= 11 is 1.47. The molecule has 1 aliphatic rings. The van der Waals surface area contributed by atoms with Crippen molar-refractivity contribution >= 4 is 28.9 Å². The number of aryl methyl sites for hydroxylation is 2. The van der Waals surface area contributed by atoms with E-state index in [9.17, 15) is 14.4 Å². The zero-order chi connectivity index (χ0) is 19.0. The summed E-state index contributed by atoms with van der Waals surface area (Å²) < 4.78 is 5.23. The van der Waals surface area contributed by atoms with Gasteiger partial charge in [0.15, 0.2) is 12.4 Å². The van der Waals surface area contributed by atoms with Crippen molar-refractivity contribution in [1.29, 1.82) is 0 Å². The third-order valence-electron chi connectivity index (χ3n) is 4.93. The van der Waals surface area contributed by atoms with Crippen LogP contribution in [0.2, 0.25) is 0 Å². The van der Waals surface area contributed by atoms with Gasteiger partial charge in [-0.15, -0.1) is 11.3 Å².